The van der Waals surface area contributed by atoms with Crippen LogP contribution in [0.4, 0.5) is 0 Å². The van der Waals surface area contributed by atoms with Crippen LogP contribution in [0.1, 0.15) is 56.5 Å². The summed E-state index contributed by atoms with van der Waals surface area (Å²) >= 11 is 5.48. The van der Waals surface area contributed by atoms with Gasteiger partial charge in [-0.25, -0.2) is 4.68 Å². The lowest BCUT2D eigenvalue weighted by atomic mass is 9.97. The van der Waals surface area contributed by atoms with E-state index >= 15 is 0 Å². The molecule has 0 unspecified atom stereocenters. The maximum Gasteiger partial charge on any atom is 0.205 e. The van der Waals surface area contributed by atoms with Crippen LogP contribution in [0, 0.1) is 13.8 Å². The molecule has 7 nitrogen and oxygen atoms in total. The first-order chi connectivity index (χ1) is 11.1. The number of rotatable bonds is 2. The highest BCUT2D eigenvalue weighted by Crippen LogP contribution is 2.19. The summed E-state index contributed by atoms with van der Waals surface area (Å²) < 4.78 is 1.75. The zero-order valence-electron chi connectivity index (χ0n) is 13.7. The van der Waals surface area contributed by atoms with Gasteiger partial charge in [-0.15, -0.1) is 15.3 Å². The average Bonchev–Trinajstić information content (AvgIpc) is 2.86. The lowest BCUT2D eigenvalue weighted by Crippen LogP contribution is -2.42. The zero-order valence-corrected chi connectivity index (χ0v) is 14.5. The summed E-state index contributed by atoms with van der Waals surface area (Å²) in [6.07, 6.45) is 8.88. The van der Waals surface area contributed by atoms with Gasteiger partial charge < -0.3 is 5.32 Å². The standard InChI is InChI=1S/C15H23N7S/c1-10-13-14(20-17-10)22(11(2)18-19-13)21-15(23)16-12-8-6-4-3-5-7-9-12/h12H,3-9H2,1-2H3,(H2,16,21,23). The zero-order chi connectivity index (χ0) is 16.2. The average molecular weight is 333 g/mol. The Morgan fingerprint density at radius 1 is 1.00 bits per heavy atom. The van der Waals surface area contributed by atoms with E-state index in [4.69, 9.17) is 12.2 Å². The molecule has 0 aromatic rings. The van der Waals surface area contributed by atoms with Crippen LogP contribution in [0.2, 0.25) is 0 Å². The van der Waals surface area contributed by atoms with Crippen molar-refractivity contribution in [3.63, 3.8) is 0 Å². The van der Waals surface area contributed by atoms with Crippen LogP contribution < -0.4 is 10.7 Å². The second-order valence-electron chi connectivity index (χ2n) is 6.17. The fraction of sp³-hybridized carbons (Fsp3) is 0.667. The number of nitrogens with zero attached hydrogens (tertiary/aromatic N) is 5. The third-order valence-corrected chi connectivity index (χ3v) is 4.54. The highest BCUT2D eigenvalue weighted by atomic mass is 32.1. The molecule has 0 amide bonds. The van der Waals surface area contributed by atoms with Crippen molar-refractivity contribution in [2.24, 2.45) is 0 Å². The minimum atomic E-state index is 0.439. The van der Waals surface area contributed by atoms with Gasteiger partial charge in [0.15, 0.2) is 10.8 Å². The second-order valence-corrected chi connectivity index (χ2v) is 6.58. The van der Waals surface area contributed by atoms with E-state index in [0.717, 1.165) is 5.69 Å². The van der Waals surface area contributed by atoms with Crippen molar-refractivity contribution in [2.75, 3.05) is 5.43 Å². The van der Waals surface area contributed by atoms with Crippen LogP contribution >= 0.6 is 12.2 Å². The molecule has 0 aromatic heterocycles. The van der Waals surface area contributed by atoms with Gasteiger partial charge in [-0.1, -0.05) is 32.1 Å². The fourth-order valence-corrected chi connectivity index (χ4v) is 3.28. The third kappa shape index (κ3) is 3.74. The molecule has 2 aliphatic heterocycles. The molecule has 1 fully saturated rings. The van der Waals surface area contributed by atoms with Crippen molar-refractivity contribution in [2.45, 2.75) is 64.8 Å². The normalized spacial score (nSPS) is 16.8. The number of fused-ring (bicyclic) bond motifs is 1. The highest BCUT2D eigenvalue weighted by molar-refractivity contribution is 7.80. The molecule has 1 saturated carbocycles. The lowest BCUT2D eigenvalue weighted by Gasteiger charge is -2.24. The van der Waals surface area contributed by atoms with E-state index in [2.05, 4.69) is 31.1 Å². The number of hydrogen-bond donors (Lipinski definition) is 2. The molecule has 1 aliphatic carbocycles. The summed E-state index contributed by atoms with van der Waals surface area (Å²) in [6.45, 7) is 3.73. The Morgan fingerprint density at radius 2 is 1.70 bits per heavy atom. The first-order valence-corrected chi connectivity index (χ1v) is 8.68. The van der Waals surface area contributed by atoms with Crippen molar-refractivity contribution in [3.8, 4) is 11.5 Å². The van der Waals surface area contributed by atoms with Gasteiger partial charge >= 0.3 is 0 Å². The second kappa shape index (κ2) is 7.16. The van der Waals surface area contributed by atoms with Gasteiger partial charge in [-0.2, -0.15) is 5.10 Å². The summed E-state index contributed by atoms with van der Waals surface area (Å²) in [5, 5.41) is 20.6. The summed E-state index contributed by atoms with van der Waals surface area (Å²) in [5.74, 6) is 1.34. The molecule has 2 heterocycles. The predicted octanol–water partition coefficient (Wildman–Crippen LogP) is 2.32. The van der Waals surface area contributed by atoms with Crippen LogP contribution in [-0.2, 0) is 0 Å². The van der Waals surface area contributed by atoms with E-state index in [-0.39, 0.29) is 0 Å². The van der Waals surface area contributed by atoms with Crippen LogP contribution in [0.15, 0.2) is 0 Å². The minimum Gasteiger partial charge on any atom is -0.359 e. The van der Waals surface area contributed by atoms with E-state index in [0.29, 0.717) is 28.5 Å². The molecule has 23 heavy (non-hydrogen) atoms. The van der Waals surface area contributed by atoms with Gasteiger partial charge in [0.1, 0.15) is 5.82 Å². The molecule has 8 heteroatoms. The third-order valence-electron chi connectivity index (χ3n) is 4.33. The molecular weight excluding hydrogens is 310 g/mol. The molecule has 0 radical (unpaired) electrons. The van der Waals surface area contributed by atoms with E-state index in [9.17, 15) is 0 Å². The maximum absolute atomic E-state index is 5.48. The van der Waals surface area contributed by atoms with Gasteiger partial charge in [0.25, 0.3) is 0 Å². The monoisotopic (exact) mass is 333 g/mol. The Bertz CT molecular complexity index is 646. The molecule has 124 valence electrons. The molecule has 0 spiro atoms. The molecule has 0 bridgehead atoms. The maximum atomic E-state index is 5.48. The van der Waals surface area contributed by atoms with Crippen LogP contribution in [0.5, 0.6) is 0 Å². The molecule has 2 N–H and O–H groups in total. The first kappa shape index (κ1) is 16.0. The number of aryl methyl sites for hydroxylation is 2. The van der Waals surface area contributed by atoms with Crippen molar-refractivity contribution in [1.82, 2.24) is 30.4 Å². The molecule has 0 aromatic carbocycles. The Morgan fingerprint density at radius 3 is 2.43 bits per heavy atom. The van der Waals surface area contributed by atoms with Crippen LogP contribution in [0.3, 0.4) is 0 Å². The van der Waals surface area contributed by atoms with E-state index in [1.165, 1.54) is 44.9 Å². The van der Waals surface area contributed by atoms with Crippen molar-refractivity contribution >= 4 is 17.3 Å². The number of nitrogens with one attached hydrogen (secondary N) is 2. The Labute approximate surface area is 141 Å². The SMILES string of the molecule is Cc1nnc2n(NC(=S)NC3CCCCCCC3)c(C)nnc1-2. The predicted molar refractivity (Wildman–Crippen MR) is 92.9 cm³/mol. The Balaban J connectivity index is 1.68. The molecule has 3 aliphatic rings. The molecule has 0 saturated heterocycles. The van der Waals surface area contributed by atoms with E-state index < -0.39 is 0 Å². The van der Waals surface area contributed by atoms with Crippen molar-refractivity contribution < 1.29 is 0 Å². The highest BCUT2D eigenvalue weighted by Gasteiger charge is 2.20. The topological polar surface area (TPSA) is 80.5 Å². The number of thiocarbonyl (C=S) groups is 1. The van der Waals surface area contributed by atoms with Gasteiger partial charge in [0.2, 0.25) is 5.82 Å². The van der Waals surface area contributed by atoms with Crippen LogP contribution in [0.25, 0.3) is 11.5 Å². The summed E-state index contributed by atoms with van der Waals surface area (Å²) in [7, 11) is 0. The quantitative estimate of drug-likeness (QED) is 0.816. The van der Waals surface area contributed by atoms with E-state index in [1.807, 2.05) is 13.8 Å². The van der Waals surface area contributed by atoms with Crippen molar-refractivity contribution in [3.05, 3.63) is 11.5 Å². The van der Waals surface area contributed by atoms with Gasteiger partial charge in [-0.3, -0.25) is 5.43 Å². The number of aromatic nitrogens is 5. The Kier molecular flexibility index (Phi) is 5.00. The van der Waals surface area contributed by atoms with Crippen molar-refractivity contribution in [1.29, 1.82) is 0 Å². The first-order valence-electron chi connectivity index (χ1n) is 8.27. The Hall–Kier alpha value is -1.83. The molecular formula is C15H23N7S. The van der Waals surface area contributed by atoms with Gasteiger partial charge in [0, 0.05) is 6.04 Å². The van der Waals surface area contributed by atoms with E-state index in [1.54, 1.807) is 4.68 Å². The van der Waals surface area contributed by atoms with Crippen LogP contribution in [-0.4, -0.2) is 36.2 Å². The molecule has 3 rings (SSSR count). The van der Waals surface area contributed by atoms with Gasteiger partial charge in [-0.05, 0) is 38.9 Å². The minimum absolute atomic E-state index is 0.439. The summed E-state index contributed by atoms with van der Waals surface area (Å²) in [6, 6.07) is 0.439. The number of hydrogen-bond acceptors (Lipinski definition) is 5. The summed E-state index contributed by atoms with van der Waals surface area (Å²) in [4.78, 5) is 0. The van der Waals surface area contributed by atoms with Gasteiger partial charge in [0.05, 0.1) is 5.69 Å². The summed E-state index contributed by atoms with van der Waals surface area (Å²) in [5.41, 5.74) is 4.64. The lowest BCUT2D eigenvalue weighted by molar-refractivity contribution is 0.429. The largest absolute Gasteiger partial charge is 0.359 e. The molecule has 0 atom stereocenters. The smallest absolute Gasteiger partial charge is 0.205 e. The fourth-order valence-electron chi connectivity index (χ4n) is 3.02.